The zero-order valence-corrected chi connectivity index (χ0v) is 19.5. The maximum atomic E-state index is 10.9. The Balaban J connectivity index is 0. The standard InChI is InChI=1S/C12H20O4.2C4H9.Sn/c1-3-5-7-9(11(13)14)10(12(15)16)8-6-4-2;2*1-3-4-2;/h3-8H2,1-2H3,(H,13,14)(H,15,16);2*1,3-4H2,2H3;/q;;;+2/p-2. The molecule has 4 nitrogen and oxygen atoms in total. The van der Waals surface area contributed by atoms with Gasteiger partial charge in [0, 0.05) is 0 Å². The van der Waals surface area contributed by atoms with Crippen molar-refractivity contribution in [2.45, 2.75) is 101 Å². The van der Waals surface area contributed by atoms with Crippen LogP contribution in [0.4, 0.5) is 0 Å². The van der Waals surface area contributed by atoms with Crippen LogP contribution in [0.2, 0.25) is 8.87 Å². The number of hydrogen-bond acceptors (Lipinski definition) is 4. The van der Waals surface area contributed by atoms with Crippen molar-refractivity contribution < 1.29 is 19.8 Å². The maximum absolute atomic E-state index is 10.9. The SMILES string of the molecule is CCCCC(C(=O)[O-])=C(CCCC)C(=O)[O-].CCC[CH2][Sn+2][CH2]CCC. The van der Waals surface area contributed by atoms with Crippen LogP contribution in [0.5, 0.6) is 0 Å². The molecule has 0 aromatic heterocycles. The van der Waals surface area contributed by atoms with Crippen LogP contribution in [0, 0.1) is 0 Å². The fourth-order valence-electron chi connectivity index (χ4n) is 2.19. The molecule has 0 atom stereocenters. The molecule has 0 saturated heterocycles. The summed E-state index contributed by atoms with van der Waals surface area (Å²) in [6, 6.07) is 0. The van der Waals surface area contributed by atoms with E-state index in [1.54, 1.807) is 8.87 Å². The monoisotopic (exact) mass is 460 g/mol. The number of hydrogen-bond donors (Lipinski definition) is 0. The van der Waals surface area contributed by atoms with E-state index in [9.17, 15) is 19.8 Å². The molecule has 0 rings (SSSR count). The molecule has 0 saturated carbocycles. The first-order valence-corrected chi connectivity index (χ1v) is 13.8. The van der Waals surface area contributed by atoms with Gasteiger partial charge in [0.2, 0.25) is 0 Å². The normalized spacial score (nSPS) is 11.0. The van der Waals surface area contributed by atoms with E-state index >= 15 is 0 Å². The Kier molecular flexibility index (Phi) is 21.1. The Bertz CT molecular complexity index is 344. The van der Waals surface area contributed by atoms with E-state index in [1.165, 1.54) is 25.7 Å². The van der Waals surface area contributed by atoms with Gasteiger partial charge < -0.3 is 19.8 Å². The van der Waals surface area contributed by atoms with Crippen molar-refractivity contribution in [1.29, 1.82) is 0 Å². The second-order valence-electron chi connectivity index (χ2n) is 6.20. The van der Waals surface area contributed by atoms with Gasteiger partial charge in [-0.25, -0.2) is 0 Å². The summed E-state index contributed by atoms with van der Waals surface area (Å²) in [5.74, 6) is -2.77. The van der Waals surface area contributed by atoms with Crippen molar-refractivity contribution in [3.05, 3.63) is 11.1 Å². The van der Waals surface area contributed by atoms with Crippen molar-refractivity contribution >= 4 is 33.1 Å². The second kappa shape index (κ2) is 19.8. The molecule has 0 amide bonds. The van der Waals surface area contributed by atoms with Crippen LogP contribution < -0.4 is 10.2 Å². The minimum absolute atomic E-state index is 0.102. The molecule has 0 heterocycles. The summed E-state index contributed by atoms with van der Waals surface area (Å²) in [5.41, 5.74) is -0.203. The molecule has 0 N–H and O–H groups in total. The topological polar surface area (TPSA) is 80.3 Å². The Morgan fingerprint density at radius 1 is 0.640 bits per heavy atom. The Hall–Kier alpha value is -0.521. The van der Waals surface area contributed by atoms with Crippen LogP contribution >= 0.6 is 0 Å². The average Bonchev–Trinajstić information content (AvgIpc) is 2.57. The summed E-state index contributed by atoms with van der Waals surface area (Å²) in [5, 5.41) is 21.7. The molecule has 25 heavy (non-hydrogen) atoms. The summed E-state index contributed by atoms with van der Waals surface area (Å²) in [6.07, 6.45) is 9.23. The fraction of sp³-hybridized carbons (Fsp3) is 0.800. The van der Waals surface area contributed by atoms with Gasteiger partial charge in [-0.05, 0) is 36.8 Å². The fourth-order valence-corrected chi connectivity index (χ4v) is 6.35. The molecule has 0 aliphatic rings. The molecule has 0 bridgehead atoms. The number of aliphatic carboxylic acids is 2. The van der Waals surface area contributed by atoms with Crippen LogP contribution in [-0.2, 0) is 9.59 Å². The zero-order chi connectivity index (χ0) is 19.5. The van der Waals surface area contributed by atoms with Gasteiger partial charge in [-0.3, -0.25) is 0 Å². The van der Waals surface area contributed by atoms with Crippen LogP contribution in [0.15, 0.2) is 11.1 Å². The van der Waals surface area contributed by atoms with E-state index < -0.39 is 11.9 Å². The minimum atomic E-state index is -1.39. The molecule has 144 valence electrons. The third-order valence-electron chi connectivity index (χ3n) is 3.83. The van der Waals surface area contributed by atoms with Gasteiger partial charge in [0.1, 0.15) is 0 Å². The number of carbonyl (C=O) groups excluding carboxylic acids is 2. The number of carboxylic acids is 2. The first-order valence-electron chi connectivity index (χ1n) is 9.81. The zero-order valence-electron chi connectivity index (χ0n) is 16.6. The summed E-state index contributed by atoms with van der Waals surface area (Å²) in [4.78, 5) is 21.7. The van der Waals surface area contributed by atoms with Crippen molar-refractivity contribution in [3.63, 3.8) is 0 Å². The molecule has 0 unspecified atom stereocenters. The molecule has 0 aromatic carbocycles. The van der Waals surface area contributed by atoms with E-state index in [0.29, 0.717) is 12.8 Å². The quantitative estimate of drug-likeness (QED) is 0.227. The summed E-state index contributed by atoms with van der Waals surface area (Å²) < 4.78 is 3.25. The third kappa shape index (κ3) is 16.7. The van der Waals surface area contributed by atoms with Gasteiger partial charge >= 0.3 is 69.5 Å². The van der Waals surface area contributed by atoms with E-state index in [-0.39, 0.29) is 45.1 Å². The van der Waals surface area contributed by atoms with Crippen LogP contribution in [0.25, 0.3) is 0 Å². The van der Waals surface area contributed by atoms with Crippen molar-refractivity contribution in [2.24, 2.45) is 0 Å². The van der Waals surface area contributed by atoms with Crippen molar-refractivity contribution in [2.75, 3.05) is 0 Å². The molecule has 0 aliphatic heterocycles. The van der Waals surface area contributed by atoms with Crippen LogP contribution in [0.1, 0.15) is 91.9 Å². The van der Waals surface area contributed by atoms with Gasteiger partial charge in [-0.15, -0.1) is 0 Å². The van der Waals surface area contributed by atoms with Gasteiger partial charge in [-0.1, -0.05) is 26.7 Å². The Morgan fingerprint density at radius 3 is 1.20 bits per heavy atom. The summed E-state index contributed by atoms with van der Waals surface area (Å²) in [7, 11) is 0. The van der Waals surface area contributed by atoms with E-state index in [0.717, 1.165) is 12.8 Å². The Labute approximate surface area is 164 Å². The molecule has 5 heteroatoms. The van der Waals surface area contributed by atoms with E-state index in [1.807, 2.05) is 13.8 Å². The first-order chi connectivity index (χ1) is 12.0. The Morgan fingerprint density at radius 2 is 0.960 bits per heavy atom. The number of carboxylic acid groups (broad SMARTS) is 2. The predicted octanol–water partition coefficient (Wildman–Crippen LogP) is 3.29. The number of rotatable bonds is 14. The number of carbonyl (C=O) groups is 2. The van der Waals surface area contributed by atoms with Crippen LogP contribution in [-0.4, -0.2) is 33.1 Å². The van der Waals surface area contributed by atoms with Gasteiger partial charge in [0.05, 0.1) is 11.9 Å². The first kappa shape index (κ1) is 26.7. The summed E-state index contributed by atoms with van der Waals surface area (Å²) >= 11 is 0.149. The van der Waals surface area contributed by atoms with Crippen molar-refractivity contribution in [1.82, 2.24) is 0 Å². The molecule has 0 spiro atoms. The third-order valence-corrected chi connectivity index (χ3v) is 7.87. The predicted molar refractivity (Wildman–Crippen MR) is 101 cm³/mol. The van der Waals surface area contributed by atoms with E-state index in [4.69, 9.17) is 0 Å². The van der Waals surface area contributed by atoms with Gasteiger partial charge in [0.15, 0.2) is 0 Å². The van der Waals surface area contributed by atoms with Gasteiger partial charge in [-0.2, -0.15) is 0 Å². The number of unbranched alkanes of at least 4 members (excludes halogenated alkanes) is 4. The summed E-state index contributed by atoms with van der Waals surface area (Å²) in [6.45, 7) is 8.41. The molecule has 0 aromatic rings. The van der Waals surface area contributed by atoms with Crippen molar-refractivity contribution in [3.8, 4) is 0 Å². The molecule has 0 radical (unpaired) electrons. The van der Waals surface area contributed by atoms with E-state index in [2.05, 4.69) is 13.8 Å². The molecule has 0 aliphatic carbocycles. The molecular weight excluding hydrogens is 423 g/mol. The molecule has 0 fully saturated rings. The van der Waals surface area contributed by atoms with Gasteiger partial charge in [0.25, 0.3) is 0 Å². The second-order valence-corrected chi connectivity index (χ2v) is 10.5. The molecular formula is C20H36O4Sn. The van der Waals surface area contributed by atoms with Crippen LogP contribution in [0.3, 0.4) is 0 Å². The average molecular weight is 459 g/mol.